The van der Waals surface area contributed by atoms with Gasteiger partial charge in [-0.2, -0.15) is 5.10 Å². The number of hydrogen-bond acceptors (Lipinski definition) is 1. The Labute approximate surface area is 78.9 Å². The van der Waals surface area contributed by atoms with Crippen molar-refractivity contribution < 1.29 is 0 Å². The third kappa shape index (κ3) is 1.15. The number of H-pyrrole nitrogens is 1. The van der Waals surface area contributed by atoms with Gasteiger partial charge in [-0.1, -0.05) is 17.6 Å². The minimum atomic E-state index is 0.775. The Morgan fingerprint density at radius 3 is 3.09 bits per heavy atom. The van der Waals surface area contributed by atoms with Crippen molar-refractivity contribution >= 4 is 46.8 Å². The first-order chi connectivity index (χ1) is 5.27. The third-order valence-electron chi connectivity index (χ3n) is 1.53. The first-order valence-corrected chi connectivity index (χ1v) is 4.24. The maximum Gasteiger partial charge on any atom is 0.113 e. The molecule has 11 heavy (non-hydrogen) atoms. The Kier molecular flexibility index (Phi) is 1.63. The molecule has 2 aromatic rings. The molecule has 1 heterocycles. The fourth-order valence-electron chi connectivity index (χ4n) is 0.996. The predicted octanol–water partition coefficient (Wildman–Crippen LogP) is 0.961. The van der Waals surface area contributed by atoms with Crippen molar-refractivity contribution in [3.8, 4) is 0 Å². The molecule has 0 aliphatic carbocycles. The van der Waals surface area contributed by atoms with E-state index in [-0.39, 0.29) is 0 Å². The molecule has 2 radical (unpaired) electrons. The molecule has 0 saturated carbocycles. The van der Waals surface area contributed by atoms with E-state index >= 15 is 0 Å². The SMILES string of the molecule is [B]c1ccc2n[nH]c(I)c2c1. The molecule has 52 valence electrons. The van der Waals surface area contributed by atoms with Gasteiger partial charge >= 0.3 is 0 Å². The van der Waals surface area contributed by atoms with Gasteiger partial charge in [0.05, 0.1) is 5.52 Å². The zero-order valence-corrected chi connectivity index (χ0v) is 7.79. The average Bonchev–Trinajstić information content (AvgIpc) is 2.33. The summed E-state index contributed by atoms with van der Waals surface area (Å²) in [7, 11) is 5.61. The second kappa shape index (κ2) is 2.51. The summed E-state index contributed by atoms with van der Waals surface area (Å²) in [6.45, 7) is 0. The maximum absolute atomic E-state index is 5.61. The van der Waals surface area contributed by atoms with E-state index in [2.05, 4.69) is 32.8 Å². The summed E-state index contributed by atoms with van der Waals surface area (Å²) in [5.74, 6) is 0. The van der Waals surface area contributed by atoms with Gasteiger partial charge in [0.25, 0.3) is 0 Å². The Balaban J connectivity index is 2.87. The highest BCUT2D eigenvalue weighted by atomic mass is 127. The molecule has 0 saturated heterocycles. The maximum atomic E-state index is 5.61. The highest BCUT2D eigenvalue weighted by molar-refractivity contribution is 14.1. The van der Waals surface area contributed by atoms with Crippen molar-refractivity contribution in [1.82, 2.24) is 10.2 Å². The molecule has 1 N–H and O–H groups in total. The number of rotatable bonds is 0. The Morgan fingerprint density at radius 1 is 1.45 bits per heavy atom. The molecule has 0 unspecified atom stereocenters. The summed E-state index contributed by atoms with van der Waals surface area (Å²) in [5, 5.41) is 8.04. The molecule has 0 amide bonds. The van der Waals surface area contributed by atoms with Crippen LogP contribution in [0, 0.1) is 3.70 Å². The van der Waals surface area contributed by atoms with Crippen LogP contribution in [0.25, 0.3) is 10.9 Å². The summed E-state index contributed by atoms with van der Waals surface area (Å²) in [6.07, 6.45) is 0. The molecule has 0 spiro atoms. The number of nitrogens with one attached hydrogen (secondary N) is 1. The van der Waals surface area contributed by atoms with Crippen LogP contribution in [0.1, 0.15) is 0 Å². The Morgan fingerprint density at radius 2 is 2.27 bits per heavy atom. The lowest BCUT2D eigenvalue weighted by Gasteiger charge is -1.90. The molecule has 0 aliphatic heterocycles. The number of hydrogen-bond donors (Lipinski definition) is 1. The predicted molar refractivity (Wildman–Crippen MR) is 54.2 cm³/mol. The summed E-state index contributed by atoms with van der Waals surface area (Å²) in [4.78, 5) is 0. The molecular formula is C7H4BIN2. The molecular weight excluding hydrogens is 250 g/mol. The van der Waals surface area contributed by atoms with Crippen molar-refractivity contribution in [3.63, 3.8) is 0 Å². The van der Waals surface area contributed by atoms with Crippen molar-refractivity contribution in [2.45, 2.75) is 0 Å². The first-order valence-electron chi connectivity index (χ1n) is 3.16. The lowest BCUT2D eigenvalue weighted by atomic mass is 9.95. The van der Waals surface area contributed by atoms with E-state index < -0.39 is 0 Å². The van der Waals surface area contributed by atoms with Crippen molar-refractivity contribution in [2.24, 2.45) is 0 Å². The van der Waals surface area contributed by atoms with Crippen molar-refractivity contribution in [3.05, 3.63) is 21.9 Å². The molecule has 0 bridgehead atoms. The number of aromatic nitrogens is 2. The standard InChI is InChI=1S/C7H4BIN2/c8-4-1-2-6-5(3-4)7(9)11-10-6/h1-3H,(H,10,11). The number of aromatic amines is 1. The van der Waals surface area contributed by atoms with E-state index in [9.17, 15) is 0 Å². The van der Waals surface area contributed by atoms with Gasteiger partial charge in [0, 0.05) is 5.39 Å². The van der Waals surface area contributed by atoms with Crippen molar-refractivity contribution in [1.29, 1.82) is 0 Å². The zero-order chi connectivity index (χ0) is 7.84. The molecule has 2 nitrogen and oxygen atoms in total. The minimum absolute atomic E-state index is 0.775. The first kappa shape index (κ1) is 7.15. The van der Waals surface area contributed by atoms with Gasteiger partial charge in [-0.15, -0.1) is 0 Å². The van der Waals surface area contributed by atoms with Crippen LogP contribution < -0.4 is 5.46 Å². The van der Waals surface area contributed by atoms with E-state index in [0.717, 1.165) is 20.1 Å². The van der Waals surface area contributed by atoms with Crippen LogP contribution in [0.2, 0.25) is 0 Å². The van der Waals surface area contributed by atoms with E-state index in [1.54, 1.807) is 0 Å². The quantitative estimate of drug-likeness (QED) is 0.550. The lowest BCUT2D eigenvalue weighted by Crippen LogP contribution is -1.99. The molecule has 1 aromatic heterocycles. The monoisotopic (exact) mass is 254 g/mol. The minimum Gasteiger partial charge on any atom is -0.271 e. The van der Waals surface area contributed by atoms with Gasteiger partial charge < -0.3 is 0 Å². The lowest BCUT2D eigenvalue weighted by molar-refractivity contribution is 1.09. The Hall–Kier alpha value is -0.515. The van der Waals surface area contributed by atoms with Gasteiger partial charge in [0.15, 0.2) is 0 Å². The van der Waals surface area contributed by atoms with Gasteiger partial charge in [-0.3, -0.25) is 5.10 Å². The van der Waals surface area contributed by atoms with Crippen LogP contribution in [0.4, 0.5) is 0 Å². The molecule has 2 rings (SSSR count). The molecule has 0 fully saturated rings. The summed E-state index contributed by atoms with van der Waals surface area (Å²) >= 11 is 2.20. The van der Waals surface area contributed by atoms with Crippen LogP contribution in [0.5, 0.6) is 0 Å². The van der Waals surface area contributed by atoms with E-state index in [0.29, 0.717) is 0 Å². The Bertz CT molecular complexity index is 396. The van der Waals surface area contributed by atoms with Crippen LogP contribution in [-0.4, -0.2) is 18.0 Å². The van der Waals surface area contributed by atoms with Crippen LogP contribution in [0.3, 0.4) is 0 Å². The number of fused-ring (bicyclic) bond motifs is 1. The van der Waals surface area contributed by atoms with Crippen LogP contribution in [-0.2, 0) is 0 Å². The molecule has 4 heteroatoms. The van der Waals surface area contributed by atoms with Gasteiger partial charge in [0.2, 0.25) is 0 Å². The summed E-state index contributed by atoms with van der Waals surface area (Å²) < 4.78 is 1.03. The van der Waals surface area contributed by atoms with Gasteiger partial charge in [0.1, 0.15) is 11.5 Å². The van der Waals surface area contributed by atoms with E-state index in [4.69, 9.17) is 7.85 Å². The molecule has 1 aromatic carbocycles. The number of halogens is 1. The average molecular weight is 254 g/mol. The number of nitrogens with zero attached hydrogens (tertiary/aromatic N) is 1. The second-order valence-corrected chi connectivity index (χ2v) is 3.39. The van der Waals surface area contributed by atoms with E-state index in [1.165, 1.54) is 0 Å². The van der Waals surface area contributed by atoms with Gasteiger partial charge in [-0.25, -0.2) is 0 Å². The third-order valence-corrected chi connectivity index (χ3v) is 2.35. The van der Waals surface area contributed by atoms with Crippen LogP contribution in [0.15, 0.2) is 18.2 Å². The normalized spacial score (nSPS) is 10.6. The topological polar surface area (TPSA) is 28.7 Å². The highest BCUT2D eigenvalue weighted by Gasteiger charge is 2.00. The van der Waals surface area contributed by atoms with Gasteiger partial charge in [-0.05, 0) is 28.7 Å². The highest BCUT2D eigenvalue weighted by Crippen LogP contribution is 2.14. The van der Waals surface area contributed by atoms with Crippen LogP contribution >= 0.6 is 22.6 Å². The van der Waals surface area contributed by atoms with Crippen molar-refractivity contribution in [2.75, 3.05) is 0 Å². The molecule has 0 aliphatic rings. The largest absolute Gasteiger partial charge is 0.271 e. The number of benzene rings is 1. The fraction of sp³-hybridized carbons (Fsp3) is 0. The summed E-state index contributed by atoms with van der Waals surface area (Å²) in [6, 6.07) is 5.67. The zero-order valence-electron chi connectivity index (χ0n) is 5.63. The smallest absolute Gasteiger partial charge is 0.113 e. The van der Waals surface area contributed by atoms with E-state index in [1.807, 2.05) is 18.2 Å². The fourth-order valence-corrected chi connectivity index (χ4v) is 1.55. The molecule has 0 atom stereocenters. The summed E-state index contributed by atoms with van der Waals surface area (Å²) in [5.41, 5.74) is 1.74. The second-order valence-electron chi connectivity index (χ2n) is 2.31.